The Balaban J connectivity index is 1.83. The maximum absolute atomic E-state index is 12.7. The van der Waals surface area contributed by atoms with Crippen LogP contribution in [0.15, 0.2) is 6.20 Å². The second-order valence-corrected chi connectivity index (χ2v) is 8.30. The first-order valence-corrected chi connectivity index (χ1v) is 9.34. The monoisotopic (exact) mass is 327 g/mol. The Hall–Kier alpha value is -1.41. The van der Waals surface area contributed by atoms with Gasteiger partial charge in [0.1, 0.15) is 0 Å². The number of ether oxygens (including phenoxy) is 1. The zero-order valence-electron chi connectivity index (χ0n) is 12.9. The van der Waals surface area contributed by atoms with Gasteiger partial charge in [-0.25, -0.2) is 8.42 Å². The van der Waals surface area contributed by atoms with Crippen LogP contribution in [0, 0.1) is 6.92 Å². The number of carbonyl (C=O) groups is 1. The molecule has 2 aliphatic rings. The Morgan fingerprint density at radius 2 is 2.23 bits per heavy atom. The van der Waals surface area contributed by atoms with Gasteiger partial charge in [0.25, 0.3) is 5.91 Å². The average molecular weight is 327 g/mol. The molecule has 3 rings (SSSR count). The first kappa shape index (κ1) is 15.5. The molecule has 122 valence electrons. The quantitative estimate of drug-likeness (QED) is 0.786. The van der Waals surface area contributed by atoms with Gasteiger partial charge in [-0.05, 0) is 20.3 Å². The Kier molecular flexibility index (Phi) is 3.98. The van der Waals surface area contributed by atoms with Crippen LogP contribution in [0.5, 0.6) is 0 Å². The highest BCUT2D eigenvalue weighted by Gasteiger charge is 2.33. The number of sulfone groups is 1. The van der Waals surface area contributed by atoms with Crippen LogP contribution in [0.2, 0.25) is 0 Å². The molecule has 0 aliphatic carbocycles. The minimum atomic E-state index is -2.97. The molecule has 0 aromatic carbocycles. The summed E-state index contributed by atoms with van der Waals surface area (Å²) in [4.78, 5) is 14.5. The third kappa shape index (κ3) is 2.77. The van der Waals surface area contributed by atoms with Crippen molar-refractivity contribution in [3.8, 4) is 0 Å². The molecule has 0 saturated carbocycles. The van der Waals surface area contributed by atoms with Gasteiger partial charge >= 0.3 is 0 Å². The molecule has 0 radical (unpaired) electrons. The molecular weight excluding hydrogens is 306 g/mol. The lowest BCUT2D eigenvalue weighted by Crippen LogP contribution is -2.47. The number of nitrogens with zero attached hydrogens (tertiary/aromatic N) is 3. The van der Waals surface area contributed by atoms with E-state index in [1.54, 1.807) is 15.8 Å². The number of aromatic nitrogens is 2. The fourth-order valence-corrected chi connectivity index (χ4v) is 4.85. The van der Waals surface area contributed by atoms with E-state index < -0.39 is 9.84 Å². The topological polar surface area (TPSA) is 81.5 Å². The minimum Gasteiger partial charge on any atom is -0.377 e. The Labute approximate surface area is 130 Å². The number of amides is 1. The molecule has 1 amide bonds. The van der Waals surface area contributed by atoms with E-state index in [9.17, 15) is 13.2 Å². The van der Waals surface area contributed by atoms with Crippen molar-refractivity contribution >= 4 is 15.7 Å². The Bertz CT molecular complexity index is 682. The molecule has 22 heavy (non-hydrogen) atoms. The van der Waals surface area contributed by atoms with Gasteiger partial charge in [-0.3, -0.25) is 9.48 Å². The maximum Gasteiger partial charge on any atom is 0.257 e. The van der Waals surface area contributed by atoms with Gasteiger partial charge < -0.3 is 9.64 Å². The van der Waals surface area contributed by atoms with Crippen molar-refractivity contribution in [2.45, 2.75) is 32.4 Å². The first-order valence-electron chi connectivity index (χ1n) is 7.52. The molecule has 0 unspecified atom stereocenters. The van der Waals surface area contributed by atoms with E-state index in [2.05, 4.69) is 5.10 Å². The normalized spacial score (nSPS) is 28.0. The summed E-state index contributed by atoms with van der Waals surface area (Å²) in [5.41, 5.74) is 1.30. The van der Waals surface area contributed by atoms with Crippen molar-refractivity contribution in [1.82, 2.24) is 14.7 Å². The van der Waals surface area contributed by atoms with Gasteiger partial charge in [-0.2, -0.15) is 5.10 Å². The van der Waals surface area contributed by atoms with Crippen LogP contribution in [0.25, 0.3) is 0 Å². The maximum atomic E-state index is 12.7. The largest absolute Gasteiger partial charge is 0.377 e. The van der Waals surface area contributed by atoms with Crippen molar-refractivity contribution in [3.63, 3.8) is 0 Å². The number of hydrogen-bond acceptors (Lipinski definition) is 5. The van der Waals surface area contributed by atoms with E-state index in [0.717, 1.165) is 5.69 Å². The van der Waals surface area contributed by atoms with Crippen LogP contribution >= 0.6 is 0 Å². The van der Waals surface area contributed by atoms with Crippen molar-refractivity contribution in [1.29, 1.82) is 0 Å². The molecule has 3 heterocycles. The molecule has 2 aliphatic heterocycles. The predicted octanol–water partition coefficient (Wildman–Crippen LogP) is 0.412. The zero-order chi connectivity index (χ0) is 15.9. The lowest BCUT2D eigenvalue weighted by atomic mass is 10.1. The fraction of sp³-hybridized carbons (Fsp3) is 0.714. The highest BCUT2D eigenvalue weighted by molar-refractivity contribution is 7.91. The van der Waals surface area contributed by atoms with E-state index in [4.69, 9.17) is 4.74 Å². The zero-order valence-corrected chi connectivity index (χ0v) is 13.7. The molecule has 8 heteroatoms. The lowest BCUT2D eigenvalue weighted by molar-refractivity contribution is 0.00354. The van der Waals surface area contributed by atoms with E-state index in [1.807, 2.05) is 13.8 Å². The highest BCUT2D eigenvalue weighted by atomic mass is 32.2. The average Bonchev–Trinajstić information content (AvgIpc) is 3.01. The molecule has 7 nitrogen and oxygen atoms in total. The summed E-state index contributed by atoms with van der Waals surface area (Å²) in [6, 6.07) is -0.121. The van der Waals surface area contributed by atoms with Gasteiger partial charge in [-0.1, -0.05) is 0 Å². The number of rotatable bonds is 2. The van der Waals surface area contributed by atoms with Crippen LogP contribution in [-0.2, 0) is 14.6 Å². The fourth-order valence-electron chi connectivity index (χ4n) is 3.15. The summed E-state index contributed by atoms with van der Waals surface area (Å²) in [6.45, 7) is 5.45. The van der Waals surface area contributed by atoms with E-state index in [0.29, 0.717) is 31.7 Å². The molecule has 0 N–H and O–H groups in total. The van der Waals surface area contributed by atoms with Crippen LogP contribution in [-0.4, -0.2) is 66.3 Å². The Morgan fingerprint density at radius 1 is 1.45 bits per heavy atom. The minimum absolute atomic E-state index is 0.0378. The second-order valence-electron chi connectivity index (χ2n) is 6.07. The van der Waals surface area contributed by atoms with Gasteiger partial charge in [0.05, 0.1) is 48.6 Å². The summed E-state index contributed by atoms with van der Waals surface area (Å²) < 4.78 is 30.3. The van der Waals surface area contributed by atoms with Gasteiger partial charge in [0.2, 0.25) is 0 Å². The van der Waals surface area contributed by atoms with Crippen LogP contribution < -0.4 is 0 Å². The van der Waals surface area contributed by atoms with E-state index in [-0.39, 0.29) is 29.5 Å². The standard InChI is InChI=1S/C14H21N3O4S/c1-10-8-21-5-4-16(10)14(18)13-7-15-17(11(13)2)12-3-6-22(19,20)9-12/h7,10,12H,3-6,8-9H2,1-2H3/t10-,12+/m0/s1. The smallest absolute Gasteiger partial charge is 0.257 e. The second kappa shape index (κ2) is 5.66. The number of morpholine rings is 1. The van der Waals surface area contributed by atoms with Crippen molar-refractivity contribution in [2.24, 2.45) is 0 Å². The first-order chi connectivity index (χ1) is 10.4. The number of hydrogen-bond donors (Lipinski definition) is 0. The predicted molar refractivity (Wildman–Crippen MR) is 80.6 cm³/mol. The van der Waals surface area contributed by atoms with Crippen LogP contribution in [0.3, 0.4) is 0 Å². The molecule has 0 spiro atoms. The molecule has 1 aromatic rings. The van der Waals surface area contributed by atoms with E-state index in [1.165, 1.54) is 0 Å². The lowest BCUT2D eigenvalue weighted by Gasteiger charge is -2.33. The summed E-state index contributed by atoms with van der Waals surface area (Å²) in [5.74, 6) is 0.248. The van der Waals surface area contributed by atoms with Gasteiger partial charge in [-0.15, -0.1) is 0 Å². The van der Waals surface area contributed by atoms with Crippen LogP contribution in [0.4, 0.5) is 0 Å². The SMILES string of the molecule is Cc1c(C(=O)N2CCOC[C@@H]2C)cnn1[C@@H]1CCS(=O)(=O)C1. The summed E-state index contributed by atoms with van der Waals surface area (Å²) >= 11 is 0. The summed E-state index contributed by atoms with van der Waals surface area (Å²) in [6.07, 6.45) is 2.12. The third-order valence-electron chi connectivity index (χ3n) is 4.46. The van der Waals surface area contributed by atoms with Crippen molar-refractivity contribution in [3.05, 3.63) is 17.5 Å². The molecule has 2 fully saturated rings. The molecule has 2 atom stereocenters. The van der Waals surface area contributed by atoms with Gasteiger partial charge in [0.15, 0.2) is 9.84 Å². The Morgan fingerprint density at radius 3 is 2.86 bits per heavy atom. The molecular formula is C14H21N3O4S. The summed E-state index contributed by atoms with van der Waals surface area (Å²) in [5, 5.41) is 4.28. The van der Waals surface area contributed by atoms with Crippen molar-refractivity contribution in [2.75, 3.05) is 31.3 Å². The summed E-state index contributed by atoms with van der Waals surface area (Å²) in [7, 11) is -2.97. The van der Waals surface area contributed by atoms with E-state index >= 15 is 0 Å². The number of carbonyl (C=O) groups excluding carboxylic acids is 1. The molecule has 2 saturated heterocycles. The molecule has 0 bridgehead atoms. The highest BCUT2D eigenvalue weighted by Crippen LogP contribution is 2.26. The van der Waals surface area contributed by atoms with Gasteiger partial charge in [0, 0.05) is 12.2 Å². The van der Waals surface area contributed by atoms with Crippen LogP contribution in [0.1, 0.15) is 35.4 Å². The molecule has 1 aromatic heterocycles. The third-order valence-corrected chi connectivity index (χ3v) is 6.21. The van der Waals surface area contributed by atoms with Crippen molar-refractivity contribution < 1.29 is 17.9 Å².